The molecule has 3 aromatic rings. The van der Waals surface area contributed by atoms with E-state index in [9.17, 15) is 15.3 Å². The van der Waals surface area contributed by atoms with Gasteiger partial charge in [-0.25, -0.2) is 0 Å². The summed E-state index contributed by atoms with van der Waals surface area (Å²) in [5.74, 6) is 1.06. The van der Waals surface area contributed by atoms with Gasteiger partial charge >= 0.3 is 0 Å². The predicted molar refractivity (Wildman–Crippen MR) is 101 cm³/mol. The standard InChI is InChI=1S/C21H20O6/c1-10(2)4-5-12-16(25-3)8-15(24)18-13-9-26-17-7-11(22)6-14(23)19(17)21(13)27-20(12)18/h4,6-8,22-24H,5,9H2,1-3H3. The van der Waals surface area contributed by atoms with Gasteiger partial charge in [0, 0.05) is 29.3 Å². The van der Waals surface area contributed by atoms with Crippen LogP contribution in [-0.4, -0.2) is 22.4 Å². The minimum Gasteiger partial charge on any atom is -0.508 e. The maximum atomic E-state index is 10.6. The third-order valence-electron chi connectivity index (χ3n) is 4.70. The summed E-state index contributed by atoms with van der Waals surface area (Å²) < 4.78 is 17.3. The fraction of sp³-hybridized carbons (Fsp3) is 0.238. The molecule has 3 N–H and O–H groups in total. The van der Waals surface area contributed by atoms with E-state index in [1.165, 1.54) is 12.1 Å². The summed E-state index contributed by atoms with van der Waals surface area (Å²) in [5.41, 5.74) is 3.46. The first kappa shape index (κ1) is 17.1. The van der Waals surface area contributed by atoms with Gasteiger partial charge in [-0.15, -0.1) is 0 Å². The van der Waals surface area contributed by atoms with Gasteiger partial charge in [0.1, 0.15) is 52.3 Å². The number of hydrogen-bond donors (Lipinski definition) is 3. The molecule has 4 rings (SSSR count). The van der Waals surface area contributed by atoms with Gasteiger partial charge in [0.15, 0.2) is 0 Å². The second-order valence-corrected chi connectivity index (χ2v) is 6.80. The van der Waals surface area contributed by atoms with Crippen LogP contribution < -0.4 is 9.47 Å². The Balaban J connectivity index is 2.04. The molecule has 1 aliphatic rings. The summed E-state index contributed by atoms with van der Waals surface area (Å²) in [6.07, 6.45) is 2.62. The molecule has 6 nitrogen and oxygen atoms in total. The second kappa shape index (κ2) is 6.16. The molecule has 0 aliphatic carbocycles. The molecule has 1 aliphatic heterocycles. The monoisotopic (exact) mass is 368 g/mol. The van der Waals surface area contributed by atoms with E-state index < -0.39 is 0 Å². The van der Waals surface area contributed by atoms with Crippen molar-refractivity contribution in [2.75, 3.05) is 7.11 Å². The Bertz CT molecular complexity index is 1090. The molecule has 0 saturated heterocycles. The van der Waals surface area contributed by atoms with Crippen molar-refractivity contribution in [3.05, 3.63) is 41.0 Å². The topological polar surface area (TPSA) is 92.3 Å². The second-order valence-electron chi connectivity index (χ2n) is 6.80. The lowest BCUT2D eigenvalue weighted by molar-refractivity contribution is 0.295. The Hall–Kier alpha value is -3.28. The Kier molecular flexibility index (Phi) is 3.91. The molecule has 0 radical (unpaired) electrons. The van der Waals surface area contributed by atoms with E-state index >= 15 is 0 Å². The Labute approximate surface area is 155 Å². The molecule has 140 valence electrons. The average Bonchev–Trinajstić information content (AvgIpc) is 2.99. The molecule has 27 heavy (non-hydrogen) atoms. The molecule has 0 bridgehead atoms. The van der Waals surface area contributed by atoms with Crippen LogP contribution in [0.15, 0.2) is 34.3 Å². The zero-order chi connectivity index (χ0) is 19.3. The van der Waals surface area contributed by atoms with E-state index in [2.05, 4.69) is 6.08 Å². The van der Waals surface area contributed by atoms with Gasteiger partial charge in [0.05, 0.1) is 12.5 Å². The van der Waals surface area contributed by atoms with Crippen LogP contribution >= 0.6 is 0 Å². The van der Waals surface area contributed by atoms with Crippen molar-refractivity contribution in [3.63, 3.8) is 0 Å². The SMILES string of the molecule is COc1cc(O)c2c3c(oc2c1CC=C(C)C)-c1c(O)cc(O)cc1OC3. The number of ether oxygens (including phenoxy) is 2. The number of phenolic OH excluding ortho intramolecular Hbond substituents is 3. The van der Waals surface area contributed by atoms with Crippen LogP contribution in [0.1, 0.15) is 25.0 Å². The molecule has 2 aromatic carbocycles. The minimum absolute atomic E-state index is 0.0260. The highest BCUT2D eigenvalue weighted by molar-refractivity contribution is 5.98. The molecule has 0 amide bonds. The van der Waals surface area contributed by atoms with Gasteiger partial charge < -0.3 is 29.2 Å². The van der Waals surface area contributed by atoms with Crippen LogP contribution in [0.5, 0.6) is 28.7 Å². The van der Waals surface area contributed by atoms with Crippen LogP contribution in [-0.2, 0) is 13.0 Å². The van der Waals surface area contributed by atoms with Crippen molar-refractivity contribution in [2.24, 2.45) is 0 Å². The first-order valence-electron chi connectivity index (χ1n) is 8.57. The Morgan fingerprint density at radius 3 is 2.63 bits per heavy atom. The zero-order valence-corrected chi connectivity index (χ0v) is 15.3. The van der Waals surface area contributed by atoms with Crippen molar-refractivity contribution in [3.8, 4) is 40.1 Å². The van der Waals surface area contributed by atoms with Crippen LogP contribution in [0, 0.1) is 0 Å². The largest absolute Gasteiger partial charge is 0.508 e. The first-order valence-corrected chi connectivity index (χ1v) is 8.57. The fourth-order valence-electron chi connectivity index (χ4n) is 3.44. The number of methoxy groups -OCH3 is 1. The van der Waals surface area contributed by atoms with Crippen LogP contribution in [0.25, 0.3) is 22.3 Å². The number of benzene rings is 2. The highest BCUT2D eigenvalue weighted by atomic mass is 16.5. The summed E-state index contributed by atoms with van der Waals surface area (Å²) >= 11 is 0. The van der Waals surface area contributed by atoms with E-state index in [0.29, 0.717) is 45.8 Å². The van der Waals surface area contributed by atoms with Crippen molar-refractivity contribution in [2.45, 2.75) is 26.9 Å². The molecule has 1 aromatic heterocycles. The van der Waals surface area contributed by atoms with E-state index in [-0.39, 0.29) is 23.9 Å². The highest BCUT2D eigenvalue weighted by Crippen LogP contribution is 2.51. The van der Waals surface area contributed by atoms with E-state index in [1.54, 1.807) is 13.2 Å². The van der Waals surface area contributed by atoms with Gasteiger partial charge in [0.25, 0.3) is 0 Å². The lowest BCUT2D eigenvalue weighted by atomic mass is 9.99. The lowest BCUT2D eigenvalue weighted by Gasteiger charge is -2.18. The van der Waals surface area contributed by atoms with Crippen molar-refractivity contribution in [1.82, 2.24) is 0 Å². The summed E-state index contributed by atoms with van der Waals surface area (Å²) in [6.45, 7) is 4.16. The van der Waals surface area contributed by atoms with Crippen molar-refractivity contribution < 1.29 is 29.2 Å². The number of hydrogen-bond acceptors (Lipinski definition) is 6. The summed E-state index contributed by atoms with van der Waals surface area (Å²) in [4.78, 5) is 0. The summed E-state index contributed by atoms with van der Waals surface area (Å²) in [5, 5.41) is 31.2. The third kappa shape index (κ3) is 2.65. The van der Waals surface area contributed by atoms with Gasteiger partial charge in [-0.05, 0) is 20.3 Å². The molecular weight excluding hydrogens is 348 g/mol. The molecule has 0 unspecified atom stereocenters. The normalized spacial score (nSPS) is 12.3. The third-order valence-corrected chi connectivity index (χ3v) is 4.70. The molecule has 0 atom stereocenters. The van der Waals surface area contributed by atoms with E-state index in [0.717, 1.165) is 11.1 Å². The summed E-state index contributed by atoms with van der Waals surface area (Å²) in [6, 6.07) is 4.23. The van der Waals surface area contributed by atoms with Crippen molar-refractivity contribution >= 4 is 11.0 Å². The quantitative estimate of drug-likeness (QED) is 0.584. The molecule has 2 heterocycles. The number of furan rings is 1. The molecule has 6 heteroatoms. The van der Waals surface area contributed by atoms with Crippen molar-refractivity contribution in [1.29, 1.82) is 0 Å². The maximum Gasteiger partial charge on any atom is 0.149 e. The van der Waals surface area contributed by atoms with Crippen LogP contribution in [0.3, 0.4) is 0 Å². The highest BCUT2D eigenvalue weighted by Gasteiger charge is 2.31. The molecule has 0 spiro atoms. The van der Waals surface area contributed by atoms with Crippen LogP contribution in [0.4, 0.5) is 0 Å². The van der Waals surface area contributed by atoms with Gasteiger partial charge in [-0.2, -0.15) is 0 Å². The van der Waals surface area contributed by atoms with E-state index in [1.807, 2.05) is 13.8 Å². The Morgan fingerprint density at radius 1 is 1.15 bits per heavy atom. The fourth-order valence-corrected chi connectivity index (χ4v) is 3.44. The molecule has 0 saturated carbocycles. The maximum absolute atomic E-state index is 10.6. The lowest BCUT2D eigenvalue weighted by Crippen LogP contribution is -2.03. The first-order chi connectivity index (χ1) is 12.9. The van der Waals surface area contributed by atoms with E-state index in [4.69, 9.17) is 13.9 Å². The number of rotatable bonds is 3. The van der Waals surface area contributed by atoms with Gasteiger partial charge in [-0.1, -0.05) is 11.6 Å². The smallest absolute Gasteiger partial charge is 0.149 e. The number of allylic oxidation sites excluding steroid dienone is 2. The Morgan fingerprint density at radius 2 is 1.93 bits per heavy atom. The number of aromatic hydroxyl groups is 3. The molecule has 0 fully saturated rings. The van der Waals surface area contributed by atoms with Gasteiger partial charge in [-0.3, -0.25) is 0 Å². The minimum atomic E-state index is -0.151. The number of phenols is 3. The zero-order valence-electron chi connectivity index (χ0n) is 15.3. The number of fused-ring (bicyclic) bond motifs is 5. The van der Waals surface area contributed by atoms with Crippen LogP contribution in [0.2, 0.25) is 0 Å². The average molecular weight is 368 g/mol. The molecular formula is C21H20O6. The predicted octanol–water partition coefficient (Wildman–Crippen LogP) is 4.63. The van der Waals surface area contributed by atoms with Gasteiger partial charge in [0.2, 0.25) is 0 Å². The summed E-state index contributed by atoms with van der Waals surface area (Å²) in [7, 11) is 1.54.